The molecule has 1 aromatic rings. The Bertz CT molecular complexity index is 429. The van der Waals surface area contributed by atoms with E-state index in [1.807, 2.05) is 18.2 Å². The molecule has 0 amide bonds. The minimum Gasteiger partial charge on any atom is -0.469 e. The summed E-state index contributed by atoms with van der Waals surface area (Å²) in [6.45, 7) is 0. The third kappa shape index (κ3) is 1.93. The Labute approximate surface area is 107 Å². The largest absolute Gasteiger partial charge is 0.469 e. The van der Waals surface area contributed by atoms with Crippen LogP contribution in [0.1, 0.15) is 30.7 Å². The van der Waals surface area contributed by atoms with E-state index in [0.29, 0.717) is 6.10 Å². The fraction of sp³-hybridized carbons (Fsp3) is 0.533. The summed E-state index contributed by atoms with van der Waals surface area (Å²) in [4.78, 5) is 12.0. The van der Waals surface area contributed by atoms with E-state index in [-0.39, 0.29) is 23.9 Å². The van der Waals surface area contributed by atoms with E-state index in [1.165, 1.54) is 12.7 Å². The zero-order chi connectivity index (χ0) is 12.5. The van der Waals surface area contributed by atoms with Crippen LogP contribution in [0.5, 0.6) is 0 Å². The quantitative estimate of drug-likeness (QED) is 0.752. The summed E-state index contributed by atoms with van der Waals surface area (Å²) < 4.78 is 10.9. The fourth-order valence-electron chi connectivity index (χ4n) is 3.36. The number of rotatable bonds is 2. The van der Waals surface area contributed by atoms with Gasteiger partial charge in [-0.25, -0.2) is 0 Å². The third-order valence-electron chi connectivity index (χ3n) is 4.19. The lowest BCUT2D eigenvalue weighted by Crippen LogP contribution is -2.39. The van der Waals surface area contributed by atoms with Crippen LogP contribution in [0.3, 0.4) is 0 Å². The number of carbonyl (C=O) groups is 1. The normalized spacial score (nSPS) is 34.3. The number of hydrogen-bond donors (Lipinski definition) is 0. The van der Waals surface area contributed by atoms with Crippen molar-refractivity contribution in [2.24, 2.45) is 5.92 Å². The van der Waals surface area contributed by atoms with Gasteiger partial charge in [0.1, 0.15) is 0 Å². The Morgan fingerprint density at radius 1 is 1.28 bits per heavy atom. The van der Waals surface area contributed by atoms with Crippen molar-refractivity contribution >= 4 is 5.97 Å². The van der Waals surface area contributed by atoms with Crippen LogP contribution in [0.25, 0.3) is 0 Å². The zero-order valence-electron chi connectivity index (χ0n) is 10.5. The number of ether oxygens (including phenoxy) is 2. The molecule has 96 valence electrons. The lowest BCUT2D eigenvalue weighted by molar-refractivity contribution is -0.156. The van der Waals surface area contributed by atoms with Crippen molar-refractivity contribution < 1.29 is 14.3 Å². The maximum absolute atomic E-state index is 12.0. The predicted molar refractivity (Wildman–Crippen MR) is 67.2 cm³/mol. The van der Waals surface area contributed by atoms with E-state index in [1.54, 1.807) is 0 Å². The summed E-state index contributed by atoms with van der Waals surface area (Å²) in [5, 5.41) is 0. The molecular weight excluding hydrogens is 228 g/mol. The van der Waals surface area contributed by atoms with E-state index < -0.39 is 0 Å². The van der Waals surface area contributed by atoms with Crippen LogP contribution in [0, 0.1) is 5.92 Å². The molecule has 18 heavy (non-hydrogen) atoms. The van der Waals surface area contributed by atoms with E-state index in [9.17, 15) is 4.79 Å². The average Bonchev–Trinajstić information content (AvgIpc) is 2.80. The number of benzene rings is 1. The summed E-state index contributed by atoms with van der Waals surface area (Å²) >= 11 is 0. The summed E-state index contributed by atoms with van der Waals surface area (Å²) in [7, 11) is 1.46. The molecule has 2 fully saturated rings. The molecule has 0 N–H and O–H groups in total. The summed E-state index contributed by atoms with van der Waals surface area (Å²) in [5.74, 6) is -0.0322. The van der Waals surface area contributed by atoms with Gasteiger partial charge < -0.3 is 9.47 Å². The van der Waals surface area contributed by atoms with Crippen LogP contribution in [0.4, 0.5) is 0 Å². The number of esters is 1. The standard InChI is InChI=1S/C15H18O3/c1-17-15(16)14-12(10-5-3-2-4-6-10)9-11-7-8-13(14)18-11/h2-6,11-14H,7-9H2,1H3/t11?,12-,13-,14-/m0/s1. The molecule has 0 saturated carbocycles. The van der Waals surface area contributed by atoms with Gasteiger partial charge in [0.25, 0.3) is 0 Å². The molecule has 2 aliphatic heterocycles. The highest BCUT2D eigenvalue weighted by Crippen LogP contribution is 2.45. The Hall–Kier alpha value is -1.35. The molecule has 3 nitrogen and oxygen atoms in total. The Balaban J connectivity index is 1.93. The Kier molecular flexibility index (Phi) is 3.08. The minimum atomic E-state index is -0.142. The van der Waals surface area contributed by atoms with E-state index in [4.69, 9.17) is 9.47 Å². The highest BCUT2D eigenvalue weighted by molar-refractivity contribution is 5.74. The molecular formula is C15H18O3. The van der Waals surface area contributed by atoms with E-state index in [2.05, 4.69) is 12.1 Å². The fourth-order valence-corrected chi connectivity index (χ4v) is 3.36. The summed E-state index contributed by atoms with van der Waals surface area (Å²) in [6.07, 6.45) is 3.35. The van der Waals surface area contributed by atoms with Crippen LogP contribution < -0.4 is 0 Å². The topological polar surface area (TPSA) is 35.5 Å². The molecule has 0 radical (unpaired) electrons. The summed E-state index contributed by atoms with van der Waals surface area (Å²) in [6, 6.07) is 10.3. The van der Waals surface area contributed by atoms with Crippen molar-refractivity contribution in [3.63, 3.8) is 0 Å². The van der Waals surface area contributed by atoms with Crippen LogP contribution in [-0.4, -0.2) is 25.3 Å². The van der Waals surface area contributed by atoms with Gasteiger partial charge in [-0.2, -0.15) is 0 Å². The highest BCUT2D eigenvalue weighted by atomic mass is 16.5. The zero-order valence-corrected chi connectivity index (χ0v) is 10.5. The van der Waals surface area contributed by atoms with Crippen LogP contribution in [0.2, 0.25) is 0 Å². The molecule has 2 aliphatic rings. The van der Waals surface area contributed by atoms with E-state index in [0.717, 1.165) is 19.3 Å². The molecule has 0 spiro atoms. The second-order valence-corrected chi connectivity index (χ2v) is 5.18. The smallest absolute Gasteiger partial charge is 0.311 e. The van der Waals surface area contributed by atoms with Crippen molar-refractivity contribution in [2.75, 3.05) is 7.11 Å². The van der Waals surface area contributed by atoms with Crippen LogP contribution in [-0.2, 0) is 14.3 Å². The van der Waals surface area contributed by atoms with Gasteiger partial charge in [-0.1, -0.05) is 30.3 Å². The molecule has 1 aromatic carbocycles. The molecule has 1 unspecified atom stereocenters. The van der Waals surface area contributed by atoms with Gasteiger partial charge in [-0.3, -0.25) is 4.79 Å². The van der Waals surface area contributed by atoms with Crippen molar-refractivity contribution in [1.29, 1.82) is 0 Å². The van der Waals surface area contributed by atoms with Crippen molar-refractivity contribution in [3.8, 4) is 0 Å². The SMILES string of the molecule is COC(=O)[C@@H]1[C@@H]2CCC(C[C@H]1c1ccccc1)O2. The number of fused-ring (bicyclic) bond motifs is 2. The van der Waals surface area contributed by atoms with Crippen molar-refractivity contribution in [1.82, 2.24) is 0 Å². The average molecular weight is 246 g/mol. The maximum atomic E-state index is 12.0. The van der Waals surface area contributed by atoms with Gasteiger partial charge >= 0.3 is 5.97 Å². The molecule has 2 saturated heterocycles. The molecule has 2 heterocycles. The van der Waals surface area contributed by atoms with Gasteiger partial charge in [-0.05, 0) is 24.8 Å². The minimum absolute atomic E-state index is 0.0430. The maximum Gasteiger partial charge on any atom is 0.311 e. The highest BCUT2D eigenvalue weighted by Gasteiger charge is 2.47. The molecule has 4 atom stereocenters. The first-order valence-corrected chi connectivity index (χ1v) is 6.58. The second-order valence-electron chi connectivity index (χ2n) is 5.18. The Morgan fingerprint density at radius 3 is 2.78 bits per heavy atom. The first-order valence-electron chi connectivity index (χ1n) is 6.58. The first kappa shape index (κ1) is 11.7. The summed E-state index contributed by atoms with van der Waals surface area (Å²) in [5.41, 5.74) is 1.23. The number of carbonyl (C=O) groups excluding carboxylic acids is 1. The van der Waals surface area contributed by atoms with Gasteiger partial charge in [0.15, 0.2) is 0 Å². The number of hydrogen-bond acceptors (Lipinski definition) is 3. The first-order chi connectivity index (χ1) is 8.79. The lowest BCUT2D eigenvalue weighted by Gasteiger charge is -2.35. The Morgan fingerprint density at radius 2 is 2.06 bits per heavy atom. The molecule has 0 aromatic heterocycles. The monoisotopic (exact) mass is 246 g/mol. The van der Waals surface area contributed by atoms with Crippen molar-refractivity contribution in [2.45, 2.75) is 37.4 Å². The van der Waals surface area contributed by atoms with Gasteiger partial charge in [0.2, 0.25) is 0 Å². The molecule has 3 heteroatoms. The van der Waals surface area contributed by atoms with Gasteiger partial charge in [0, 0.05) is 5.92 Å². The molecule has 3 rings (SSSR count). The van der Waals surface area contributed by atoms with E-state index >= 15 is 0 Å². The van der Waals surface area contributed by atoms with Gasteiger partial charge in [0.05, 0.1) is 25.2 Å². The molecule has 2 bridgehead atoms. The van der Waals surface area contributed by atoms with Crippen LogP contribution >= 0.6 is 0 Å². The predicted octanol–water partition coefficient (Wildman–Crippen LogP) is 2.51. The van der Waals surface area contributed by atoms with Gasteiger partial charge in [-0.15, -0.1) is 0 Å². The lowest BCUT2D eigenvalue weighted by atomic mass is 9.79. The van der Waals surface area contributed by atoms with Crippen LogP contribution in [0.15, 0.2) is 30.3 Å². The third-order valence-corrected chi connectivity index (χ3v) is 4.19. The number of methoxy groups -OCH3 is 1. The van der Waals surface area contributed by atoms with Crippen molar-refractivity contribution in [3.05, 3.63) is 35.9 Å². The molecule has 0 aliphatic carbocycles. The second kappa shape index (κ2) is 4.73.